The lowest BCUT2D eigenvalue weighted by Crippen LogP contribution is -2.03. The zero-order valence-electron chi connectivity index (χ0n) is 37.5. The molecule has 12 aromatic carbocycles. The van der Waals surface area contributed by atoms with Crippen molar-refractivity contribution in [2.75, 3.05) is 0 Å². The summed E-state index contributed by atoms with van der Waals surface area (Å²) < 4.78 is 0. The van der Waals surface area contributed by atoms with Crippen LogP contribution in [0.2, 0.25) is 0 Å². The first-order valence-electron chi connectivity index (χ1n) is 23.9. The predicted molar refractivity (Wildman–Crippen MR) is 291 cm³/mol. The third-order valence-corrected chi connectivity index (χ3v) is 14.9. The minimum absolute atomic E-state index is 1.01. The average Bonchev–Trinajstić information content (AvgIpc) is 3.42. The predicted octanol–water partition coefficient (Wildman–Crippen LogP) is 18.8. The summed E-state index contributed by atoms with van der Waals surface area (Å²) in [5.74, 6) is 0. The first-order chi connectivity index (χ1) is 33.7. The van der Waals surface area contributed by atoms with Crippen molar-refractivity contribution in [1.29, 1.82) is 0 Å². The quantitative estimate of drug-likeness (QED) is 0.140. The fourth-order valence-electron chi connectivity index (χ4n) is 11.4. The van der Waals surface area contributed by atoms with Crippen LogP contribution in [-0.2, 0) is 6.42 Å². The lowest BCUT2D eigenvalue weighted by atomic mass is 9.80. The Balaban J connectivity index is 0.748. The lowest BCUT2D eigenvalue weighted by Gasteiger charge is -2.24. The Hall–Kier alpha value is -8.58. The Kier molecular flexibility index (Phi) is 8.82. The van der Waals surface area contributed by atoms with Gasteiger partial charge in [0.25, 0.3) is 0 Å². The smallest absolute Gasteiger partial charge is 0.00206 e. The molecule has 12 aromatic rings. The second-order valence-corrected chi connectivity index (χ2v) is 18.7. The number of allylic oxidation sites excluding steroid dienone is 3. The molecule has 0 atom stereocenters. The molecule has 0 spiro atoms. The SMILES string of the molecule is C1=Cc2ccc3c(-c4ccc(-c5ccc(-c6cc(-c7ccccc7)cc(-c7ccc(-c8ccc(-c9ccc%10ccc%11cccc%12ccc9c%10c%11%12)cc8)cc7)c6)cc5)cc4)ccc4c3c2C(=CC4)C1. The molecule has 68 heavy (non-hydrogen) atoms. The zero-order valence-corrected chi connectivity index (χ0v) is 37.5. The second-order valence-electron chi connectivity index (χ2n) is 18.7. The van der Waals surface area contributed by atoms with Gasteiger partial charge in [-0.2, -0.15) is 0 Å². The summed E-state index contributed by atoms with van der Waals surface area (Å²) >= 11 is 0. The van der Waals surface area contributed by atoms with Crippen LogP contribution in [0.4, 0.5) is 0 Å². The number of benzene rings is 12. The van der Waals surface area contributed by atoms with E-state index in [0.717, 1.165) is 12.8 Å². The molecule has 0 fully saturated rings. The highest BCUT2D eigenvalue weighted by atomic mass is 14.3. The minimum atomic E-state index is 1.01. The molecule has 0 unspecified atom stereocenters. The van der Waals surface area contributed by atoms with Crippen LogP contribution < -0.4 is 0 Å². The van der Waals surface area contributed by atoms with Gasteiger partial charge in [0.15, 0.2) is 0 Å². The molecule has 316 valence electrons. The topological polar surface area (TPSA) is 0 Å². The maximum atomic E-state index is 2.43. The van der Waals surface area contributed by atoms with Gasteiger partial charge in [0.1, 0.15) is 0 Å². The molecule has 0 amide bonds. The molecule has 0 saturated heterocycles. The van der Waals surface area contributed by atoms with E-state index in [-0.39, 0.29) is 0 Å². The summed E-state index contributed by atoms with van der Waals surface area (Å²) in [5, 5.41) is 10.7. The Labute approximate surface area is 396 Å². The van der Waals surface area contributed by atoms with E-state index in [1.807, 2.05) is 0 Å². The molecule has 2 aliphatic rings. The van der Waals surface area contributed by atoms with Gasteiger partial charge in [-0.25, -0.2) is 0 Å². The normalized spacial score (nSPS) is 12.9. The van der Waals surface area contributed by atoms with Gasteiger partial charge in [0, 0.05) is 0 Å². The van der Waals surface area contributed by atoms with Crippen LogP contribution >= 0.6 is 0 Å². The van der Waals surface area contributed by atoms with E-state index in [0.29, 0.717) is 0 Å². The van der Waals surface area contributed by atoms with Crippen molar-refractivity contribution < 1.29 is 0 Å². The Bertz CT molecular complexity index is 3980. The van der Waals surface area contributed by atoms with E-state index in [4.69, 9.17) is 0 Å². The molecule has 0 radical (unpaired) electrons. The first-order valence-corrected chi connectivity index (χ1v) is 23.9. The summed E-state index contributed by atoms with van der Waals surface area (Å²) in [5.41, 5.74) is 22.8. The minimum Gasteiger partial charge on any atom is -0.0795 e. The van der Waals surface area contributed by atoms with Crippen molar-refractivity contribution in [3.63, 3.8) is 0 Å². The molecule has 0 aliphatic heterocycles. The average molecular weight is 861 g/mol. The zero-order chi connectivity index (χ0) is 44.7. The van der Waals surface area contributed by atoms with Gasteiger partial charge in [-0.15, -0.1) is 0 Å². The van der Waals surface area contributed by atoms with Crippen molar-refractivity contribution in [2.24, 2.45) is 0 Å². The standard InChI is InChI=1S/C68H44/c1-2-6-43(7-3-1)58-40-59(48-16-12-44(13-17-48)46-20-24-50(25-21-46)61-36-32-56-30-28-52-8-4-10-54-34-38-63(61)67(56)65(52)54)42-60(41-58)49-18-14-45(15-19-49)47-22-26-51(27-23-47)62-37-33-57-31-29-53-9-5-11-55-35-39-64(62)68(57)66(53)55/h1-8,10-30,32-42H,9,31H2. The largest absolute Gasteiger partial charge is 0.0795 e. The maximum Gasteiger partial charge on any atom is -0.00206 e. The Morgan fingerprint density at radius 1 is 0.279 bits per heavy atom. The van der Waals surface area contributed by atoms with Crippen molar-refractivity contribution in [1.82, 2.24) is 0 Å². The molecule has 2 aliphatic carbocycles. The van der Waals surface area contributed by atoms with Crippen LogP contribution in [0.1, 0.15) is 23.1 Å². The third-order valence-electron chi connectivity index (χ3n) is 14.9. The van der Waals surface area contributed by atoms with Crippen LogP contribution in [0.3, 0.4) is 0 Å². The van der Waals surface area contributed by atoms with Crippen LogP contribution in [0.25, 0.3) is 133 Å². The molecule has 0 aromatic heterocycles. The summed E-state index contributed by atoms with van der Waals surface area (Å²) in [7, 11) is 0. The van der Waals surface area contributed by atoms with Crippen LogP contribution in [0.5, 0.6) is 0 Å². The van der Waals surface area contributed by atoms with Crippen LogP contribution in [0, 0.1) is 0 Å². The van der Waals surface area contributed by atoms with Crippen molar-refractivity contribution >= 4 is 54.7 Å². The third kappa shape index (κ3) is 6.37. The van der Waals surface area contributed by atoms with Crippen molar-refractivity contribution in [3.05, 3.63) is 253 Å². The number of hydrogen-bond acceptors (Lipinski definition) is 0. The van der Waals surface area contributed by atoms with Gasteiger partial charge in [-0.3, -0.25) is 0 Å². The molecular weight excluding hydrogens is 817 g/mol. The monoisotopic (exact) mass is 860 g/mol. The fraction of sp³-hybridized carbons (Fsp3) is 0.0294. The van der Waals surface area contributed by atoms with Gasteiger partial charge in [0.2, 0.25) is 0 Å². The fourth-order valence-corrected chi connectivity index (χ4v) is 11.4. The molecule has 0 heterocycles. The second kappa shape index (κ2) is 15.5. The molecular formula is C68H44. The first kappa shape index (κ1) is 38.7. The van der Waals surface area contributed by atoms with E-state index in [9.17, 15) is 0 Å². The van der Waals surface area contributed by atoms with Gasteiger partial charge in [-0.1, -0.05) is 224 Å². The van der Waals surface area contributed by atoms with Gasteiger partial charge < -0.3 is 0 Å². The summed E-state index contributed by atoms with van der Waals surface area (Å²) in [4.78, 5) is 0. The number of rotatable bonds is 7. The van der Waals surface area contributed by atoms with Gasteiger partial charge in [0.05, 0.1) is 0 Å². The van der Waals surface area contributed by atoms with Crippen molar-refractivity contribution in [3.8, 4) is 77.9 Å². The Morgan fingerprint density at radius 3 is 1.29 bits per heavy atom. The Morgan fingerprint density at radius 2 is 0.721 bits per heavy atom. The molecule has 0 saturated carbocycles. The lowest BCUT2D eigenvalue weighted by molar-refractivity contribution is 1.23. The van der Waals surface area contributed by atoms with Crippen molar-refractivity contribution in [2.45, 2.75) is 12.8 Å². The summed E-state index contributed by atoms with van der Waals surface area (Å²) in [6.07, 6.45) is 9.06. The van der Waals surface area contributed by atoms with Crippen LogP contribution in [0.15, 0.2) is 237 Å². The summed E-state index contributed by atoms with van der Waals surface area (Å²) in [6, 6.07) is 83.7. The molecule has 14 rings (SSSR count). The van der Waals surface area contributed by atoms with Gasteiger partial charge >= 0.3 is 0 Å². The highest BCUT2D eigenvalue weighted by Gasteiger charge is 2.21. The molecule has 0 heteroatoms. The van der Waals surface area contributed by atoms with Crippen LogP contribution in [-0.4, -0.2) is 0 Å². The van der Waals surface area contributed by atoms with E-state index in [1.54, 1.807) is 0 Å². The molecule has 0 N–H and O–H groups in total. The highest BCUT2D eigenvalue weighted by Crippen LogP contribution is 2.44. The van der Waals surface area contributed by atoms with Gasteiger partial charge in [-0.05, 0) is 174 Å². The van der Waals surface area contributed by atoms with E-state index in [2.05, 4.69) is 243 Å². The highest BCUT2D eigenvalue weighted by molar-refractivity contribution is 6.25. The maximum absolute atomic E-state index is 2.43. The van der Waals surface area contributed by atoms with E-state index < -0.39 is 0 Å². The van der Waals surface area contributed by atoms with E-state index >= 15 is 0 Å². The number of hydrogen-bond donors (Lipinski definition) is 0. The van der Waals surface area contributed by atoms with E-state index in [1.165, 1.54) is 143 Å². The molecule has 0 bridgehead atoms. The molecule has 0 nitrogen and oxygen atoms in total. The summed E-state index contributed by atoms with van der Waals surface area (Å²) in [6.45, 7) is 0.